The molecule has 1 aromatic rings. The quantitative estimate of drug-likeness (QED) is 0.720. The van der Waals surface area contributed by atoms with Crippen LogP contribution in [-0.4, -0.2) is 40.5 Å². The smallest absolute Gasteiger partial charge is 0.293 e. The molecule has 16 heavy (non-hydrogen) atoms. The number of piperidine rings is 1. The average Bonchev–Trinajstić information content (AvgIpc) is 2.76. The molecule has 0 amide bonds. The maximum atomic E-state index is 11.0. The number of nitrogens with zero attached hydrogens (tertiary/aromatic N) is 3. The molecule has 0 atom stereocenters. The SMILES string of the molecule is CC(=O)c1nc(CCN2CCCCC2)no1. The predicted octanol–water partition coefficient (Wildman–Crippen LogP) is 1.30. The zero-order valence-corrected chi connectivity index (χ0v) is 9.61. The molecule has 0 saturated carbocycles. The molecule has 0 bridgehead atoms. The Morgan fingerprint density at radius 1 is 1.38 bits per heavy atom. The molecule has 0 N–H and O–H groups in total. The Morgan fingerprint density at radius 2 is 2.12 bits per heavy atom. The van der Waals surface area contributed by atoms with Crippen LogP contribution in [0.1, 0.15) is 42.7 Å². The van der Waals surface area contributed by atoms with Gasteiger partial charge in [0, 0.05) is 19.9 Å². The third-order valence-corrected chi connectivity index (χ3v) is 2.87. The average molecular weight is 223 g/mol. The number of rotatable bonds is 4. The fourth-order valence-corrected chi connectivity index (χ4v) is 1.94. The first-order valence-electron chi connectivity index (χ1n) is 5.81. The zero-order chi connectivity index (χ0) is 11.4. The molecule has 0 aromatic carbocycles. The summed E-state index contributed by atoms with van der Waals surface area (Å²) in [5.74, 6) is 0.584. The van der Waals surface area contributed by atoms with E-state index in [0.717, 1.165) is 26.1 Å². The summed E-state index contributed by atoms with van der Waals surface area (Å²) in [6, 6.07) is 0. The molecular weight excluding hydrogens is 206 g/mol. The van der Waals surface area contributed by atoms with Crippen molar-refractivity contribution in [2.75, 3.05) is 19.6 Å². The Labute approximate surface area is 94.8 Å². The molecule has 1 aliphatic rings. The highest BCUT2D eigenvalue weighted by atomic mass is 16.5. The minimum absolute atomic E-state index is 0.119. The number of ketones is 1. The van der Waals surface area contributed by atoms with Crippen molar-refractivity contribution >= 4 is 5.78 Å². The van der Waals surface area contributed by atoms with E-state index in [1.54, 1.807) is 0 Å². The van der Waals surface area contributed by atoms with Gasteiger partial charge in [0.1, 0.15) is 0 Å². The molecule has 5 heteroatoms. The van der Waals surface area contributed by atoms with E-state index in [0.29, 0.717) is 5.82 Å². The van der Waals surface area contributed by atoms with Crippen LogP contribution in [0.4, 0.5) is 0 Å². The monoisotopic (exact) mass is 223 g/mol. The van der Waals surface area contributed by atoms with Gasteiger partial charge in [0.25, 0.3) is 5.89 Å². The van der Waals surface area contributed by atoms with Crippen LogP contribution in [0.5, 0.6) is 0 Å². The van der Waals surface area contributed by atoms with Gasteiger partial charge in [-0.25, -0.2) is 0 Å². The van der Waals surface area contributed by atoms with Gasteiger partial charge in [-0.05, 0) is 25.9 Å². The highest BCUT2D eigenvalue weighted by Gasteiger charge is 2.13. The molecule has 2 heterocycles. The standard InChI is InChI=1S/C11H17N3O2/c1-9(15)11-12-10(13-16-11)5-8-14-6-3-2-4-7-14/h2-8H2,1H3. The van der Waals surface area contributed by atoms with Crippen molar-refractivity contribution in [3.8, 4) is 0 Å². The number of likely N-dealkylation sites (tertiary alicyclic amines) is 1. The molecule has 0 radical (unpaired) electrons. The predicted molar refractivity (Wildman–Crippen MR) is 58.3 cm³/mol. The van der Waals surface area contributed by atoms with Crippen LogP contribution >= 0.6 is 0 Å². The summed E-state index contributed by atoms with van der Waals surface area (Å²) < 4.78 is 4.84. The number of carbonyl (C=O) groups excluding carboxylic acids is 1. The maximum absolute atomic E-state index is 11.0. The fraction of sp³-hybridized carbons (Fsp3) is 0.727. The van der Waals surface area contributed by atoms with Crippen molar-refractivity contribution in [1.82, 2.24) is 15.0 Å². The summed E-state index contributed by atoms with van der Waals surface area (Å²) in [6.07, 6.45) is 4.67. The Hall–Kier alpha value is -1.23. The number of carbonyl (C=O) groups is 1. The zero-order valence-electron chi connectivity index (χ0n) is 9.61. The Balaban J connectivity index is 1.81. The van der Waals surface area contributed by atoms with E-state index >= 15 is 0 Å². The highest BCUT2D eigenvalue weighted by molar-refractivity contribution is 5.89. The van der Waals surface area contributed by atoms with Gasteiger partial charge in [-0.2, -0.15) is 4.98 Å². The first-order chi connectivity index (χ1) is 7.75. The third-order valence-electron chi connectivity index (χ3n) is 2.87. The molecular formula is C11H17N3O2. The van der Waals surface area contributed by atoms with E-state index in [4.69, 9.17) is 4.52 Å². The van der Waals surface area contributed by atoms with Gasteiger partial charge in [0.15, 0.2) is 5.82 Å². The van der Waals surface area contributed by atoms with Crippen LogP contribution in [0.2, 0.25) is 0 Å². The van der Waals surface area contributed by atoms with Crippen molar-refractivity contribution in [3.05, 3.63) is 11.7 Å². The highest BCUT2D eigenvalue weighted by Crippen LogP contribution is 2.09. The van der Waals surface area contributed by atoms with Crippen molar-refractivity contribution in [2.24, 2.45) is 0 Å². The van der Waals surface area contributed by atoms with Gasteiger partial charge in [-0.3, -0.25) is 4.79 Å². The fourth-order valence-electron chi connectivity index (χ4n) is 1.94. The van der Waals surface area contributed by atoms with E-state index < -0.39 is 0 Å². The Kier molecular flexibility index (Phi) is 3.66. The summed E-state index contributed by atoms with van der Waals surface area (Å²) >= 11 is 0. The summed E-state index contributed by atoms with van der Waals surface area (Å²) in [5.41, 5.74) is 0. The number of aromatic nitrogens is 2. The lowest BCUT2D eigenvalue weighted by Crippen LogP contribution is -2.31. The molecule has 1 fully saturated rings. The first kappa shape index (κ1) is 11.3. The van der Waals surface area contributed by atoms with Gasteiger partial charge >= 0.3 is 0 Å². The molecule has 5 nitrogen and oxygen atoms in total. The Bertz CT molecular complexity index is 356. The number of Topliss-reactive ketones (excluding diaryl/α,β-unsaturated/α-hetero) is 1. The van der Waals surface area contributed by atoms with Crippen molar-refractivity contribution in [3.63, 3.8) is 0 Å². The lowest BCUT2D eigenvalue weighted by molar-refractivity contribution is 0.0972. The lowest BCUT2D eigenvalue weighted by atomic mass is 10.1. The number of hydrogen-bond donors (Lipinski definition) is 0. The van der Waals surface area contributed by atoms with Crippen LogP contribution in [0.15, 0.2) is 4.52 Å². The van der Waals surface area contributed by atoms with Gasteiger partial charge < -0.3 is 9.42 Å². The molecule has 88 valence electrons. The summed E-state index contributed by atoms with van der Waals surface area (Å²) in [5, 5.41) is 3.79. The number of hydrogen-bond acceptors (Lipinski definition) is 5. The minimum Gasteiger partial charge on any atom is -0.331 e. The maximum Gasteiger partial charge on any atom is 0.293 e. The van der Waals surface area contributed by atoms with E-state index in [1.165, 1.54) is 26.2 Å². The lowest BCUT2D eigenvalue weighted by Gasteiger charge is -2.25. The van der Waals surface area contributed by atoms with Crippen molar-refractivity contribution in [2.45, 2.75) is 32.6 Å². The molecule has 0 spiro atoms. The van der Waals surface area contributed by atoms with E-state index in [-0.39, 0.29) is 11.7 Å². The topological polar surface area (TPSA) is 59.2 Å². The summed E-state index contributed by atoms with van der Waals surface area (Å²) in [7, 11) is 0. The van der Waals surface area contributed by atoms with Crippen molar-refractivity contribution in [1.29, 1.82) is 0 Å². The van der Waals surface area contributed by atoms with Crippen LogP contribution in [0.3, 0.4) is 0 Å². The van der Waals surface area contributed by atoms with E-state index in [1.807, 2.05) is 0 Å². The van der Waals surface area contributed by atoms with Gasteiger partial charge in [0.05, 0.1) is 0 Å². The van der Waals surface area contributed by atoms with Crippen LogP contribution in [0, 0.1) is 0 Å². The molecule has 1 aromatic heterocycles. The van der Waals surface area contributed by atoms with E-state index in [2.05, 4.69) is 15.0 Å². The van der Waals surface area contributed by atoms with Gasteiger partial charge in [0.2, 0.25) is 5.78 Å². The second-order valence-corrected chi connectivity index (χ2v) is 4.22. The van der Waals surface area contributed by atoms with Gasteiger partial charge in [-0.1, -0.05) is 11.6 Å². The van der Waals surface area contributed by atoms with Crippen LogP contribution in [0.25, 0.3) is 0 Å². The summed E-state index contributed by atoms with van der Waals surface area (Å²) in [6.45, 7) is 4.72. The molecule has 0 aliphatic carbocycles. The summed E-state index contributed by atoms with van der Waals surface area (Å²) in [4.78, 5) is 17.4. The van der Waals surface area contributed by atoms with E-state index in [9.17, 15) is 4.79 Å². The normalized spacial score (nSPS) is 17.6. The largest absolute Gasteiger partial charge is 0.331 e. The second-order valence-electron chi connectivity index (χ2n) is 4.22. The molecule has 0 unspecified atom stereocenters. The van der Waals surface area contributed by atoms with Crippen LogP contribution in [-0.2, 0) is 6.42 Å². The minimum atomic E-state index is -0.170. The van der Waals surface area contributed by atoms with Gasteiger partial charge in [-0.15, -0.1) is 0 Å². The molecule has 1 aliphatic heterocycles. The Morgan fingerprint density at radius 3 is 2.75 bits per heavy atom. The van der Waals surface area contributed by atoms with Crippen LogP contribution < -0.4 is 0 Å². The second kappa shape index (κ2) is 5.21. The molecule has 2 rings (SSSR count). The third kappa shape index (κ3) is 2.88. The molecule has 1 saturated heterocycles. The first-order valence-corrected chi connectivity index (χ1v) is 5.81. The van der Waals surface area contributed by atoms with Crippen molar-refractivity contribution < 1.29 is 9.32 Å².